The highest BCUT2D eigenvalue weighted by molar-refractivity contribution is 6.20. The van der Waals surface area contributed by atoms with Crippen LogP contribution in [0.2, 0.25) is 0 Å². The number of para-hydroxylation sites is 4. The smallest absolute Gasteiger partial charge is 0.336 e. The number of rotatable bonds is 1. The van der Waals surface area contributed by atoms with Crippen molar-refractivity contribution in [1.82, 2.24) is 18.8 Å². The molecule has 0 saturated heterocycles. The van der Waals surface area contributed by atoms with Gasteiger partial charge in [-0.1, -0.05) is 60.7 Å². The predicted molar refractivity (Wildman–Crippen MR) is 182 cm³/mol. The largest absolute Gasteiger partial charge is 0.478 e. The van der Waals surface area contributed by atoms with E-state index in [1.165, 1.54) is 6.07 Å². The van der Waals surface area contributed by atoms with Crippen LogP contribution in [-0.4, -0.2) is 29.8 Å². The van der Waals surface area contributed by atoms with Crippen LogP contribution in [0.3, 0.4) is 0 Å². The van der Waals surface area contributed by atoms with Gasteiger partial charge in [0.2, 0.25) is 0 Å². The lowest BCUT2D eigenvalue weighted by Gasteiger charge is -2.09. The number of benzene rings is 6. The second kappa shape index (κ2) is 9.54. The first-order valence-electron chi connectivity index (χ1n) is 14.8. The summed E-state index contributed by atoms with van der Waals surface area (Å²) in [6, 6.07) is 35.0. The number of nitriles is 1. The van der Waals surface area contributed by atoms with Gasteiger partial charge >= 0.3 is 5.97 Å². The van der Waals surface area contributed by atoms with Gasteiger partial charge in [-0.25, -0.2) is 14.8 Å². The van der Waals surface area contributed by atoms with Crippen molar-refractivity contribution in [1.29, 1.82) is 5.26 Å². The van der Waals surface area contributed by atoms with Crippen LogP contribution in [0.25, 0.3) is 76.5 Å². The van der Waals surface area contributed by atoms with Crippen LogP contribution in [0.1, 0.15) is 15.9 Å². The molecule has 10 rings (SSSR count). The average molecular weight is 610 g/mol. The summed E-state index contributed by atoms with van der Waals surface area (Å²) in [6.45, 7) is 0. The maximum absolute atomic E-state index is 13.0. The topological polar surface area (TPSA) is 130 Å². The molecule has 9 nitrogen and oxygen atoms in total. The highest BCUT2D eigenvalue weighted by atomic mass is 16.4. The average Bonchev–Trinajstić information content (AvgIpc) is 3.69. The molecule has 0 spiro atoms. The van der Waals surface area contributed by atoms with Gasteiger partial charge < -0.3 is 5.11 Å². The van der Waals surface area contributed by atoms with Gasteiger partial charge in [-0.05, 0) is 53.9 Å². The molecule has 0 amide bonds. The summed E-state index contributed by atoms with van der Waals surface area (Å²) in [6.07, 6.45) is 0. The van der Waals surface area contributed by atoms with Crippen LogP contribution in [0, 0.1) is 11.3 Å². The first-order valence-corrected chi connectivity index (χ1v) is 14.8. The third kappa shape index (κ3) is 3.55. The first-order chi connectivity index (χ1) is 23.0. The molecule has 0 bridgehead atoms. The molecule has 9 heteroatoms. The van der Waals surface area contributed by atoms with Gasteiger partial charge in [0.05, 0.1) is 39.3 Å². The second-order valence-electron chi connectivity index (χ2n) is 11.3. The Labute approximate surface area is 263 Å². The first kappa shape index (κ1) is 26.5. The summed E-state index contributed by atoms with van der Waals surface area (Å²) in [5.41, 5.74) is 4.77. The molecule has 1 N–H and O–H groups in total. The third-order valence-corrected chi connectivity index (χ3v) is 8.90. The van der Waals surface area contributed by atoms with Crippen molar-refractivity contribution in [3.63, 3.8) is 0 Å². The Morgan fingerprint density at radius 1 is 0.574 bits per heavy atom. The van der Waals surface area contributed by atoms with E-state index in [1.807, 2.05) is 72.8 Å². The minimum Gasteiger partial charge on any atom is -0.478 e. The molecule has 0 saturated carbocycles. The van der Waals surface area contributed by atoms with Gasteiger partial charge in [0.15, 0.2) is 0 Å². The summed E-state index contributed by atoms with van der Waals surface area (Å²) >= 11 is 0. The number of carbonyl (C=O) groups is 1. The molecule has 0 radical (unpaired) electrons. The van der Waals surface area contributed by atoms with Crippen LogP contribution >= 0.6 is 0 Å². The number of hydrogen-bond donors (Lipinski definition) is 1. The van der Waals surface area contributed by atoms with E-state index in [0.29, 0.717) is 38.4 Å². The fourth-order valence-electron chi connectivity index (χ4n) is 6.89. The Hall–Kier alpha value is -6.92. The van der Waals surface area contributed by atoms with Crippen molar-refractivity contribution in [3.05, 3.63) is 141 Å². The fourth-order valence-corrected chi connectivity index (χ4v) is 6.89. The van der Waals surface area contributed by atoms with Crippen molar-refractivity contribution in [2.24, 2.45) is 0 Å². The number of imidazole rings is 2. The molecule has 0 aliphatic rings. The van der Waals surface area contributed by atoms with Crippen LogP contribution in [0.4, 0.5) is 0 Å². The SMILES string of the molecule is N#Cc1ccc2c(=O)n3c4ccccc4nc3c3cccc1c23.O=C(O)c1ccc2c(=O)n3c4ccccc4nc3c3cccc1c23. The van der Waals surface area contributed by atoms with Crippen molar-refractivity contribution in [2.45, 2.75) is 0 Å². The highest BCUT2D eigenvalue weighted by Gasteiger charge is 2.19. The van der Waals surface area contributed by atoms with Crippen molar-refractivity contribution >= 4 is 82.4 Å². The van der Waals surface area contributed by atoms with Crippen molar-refractivity contribution in [2.75, 3.05) is 0 Å². The van der Waals surface area contributed by atoms with Gasteiger partial charge in [-0.3, -0.25) is 18.4 Å². The number of aromatic carboxylic acids is 1. The molecule has 220 valence electrons. The molecule has 4 aromatic heterocycles. The van der Waals surface area contributed by atoms with Gasteiger partial charge in [0.1, 0.15) is 11.3 Å². The molecule has 0 atom stereocenters. The molecule has 0 fully saturated rings. The van der Waals surface area contributed by atoms with Crippen LogP contribution < -0.4 is 11.1 Å². The monoisotopic (exact) mass is 609 g/mol. The van der Waals surface area contributed by atoms with E-state index in [-0.39, 0.29) is 16.7 Å². The predicted octanol–water partition coefficient (Wildman–Crippen LogP) is 6.75. The summed E-state index contributed by atoms with van der Waals surface area (Å²) in [7, 11) is 0. The maximum Gasteiger partial charge on any atom is 0.336 e. The van der Waals surface area contributed by atoms with Crippen LogP contribution in [-0.2, 0) is 0 Å². The number of fused-ring (bicyclic) bond motifs is 8. The van der Waals surface area contributed by atoms with E-state index in [2.05, 4.69) is 16.0 Å². The molecular formula is C38H19N5O4. The molecular weight excluding hydrogens is 590 g/mol. The normalized spacial score (nSPS) is 11.7. The lowest BCUT2D eigenvalue weighted by atomic mass is 9.98. The number of hydrogen-bond acceptors (Lipinski definition) is 6. The lowest BCUT2D eigenvalue weighted by molar-refractivity contribution is 0.0699. The third-order valence-electron chi connectivity index (χ3n) is 8.90. The standard InChI is InChI=1S/C19H9N3O.C19H10N2O3/c20-10-11-8-9-14-17-12(11)4-3-5-13(17)18-21-15-6-1-2-7-16(15)22(18)19(14)23;22-18-13-9-8-11(19(23)24)10-4-3-5-12(16(10)13)17-20-14-6-1-2-7-15(14)21(17)18/h1-9H;1-9H,(H,23,24). The molecule has 0 aliphatic heterocycles. The lowest BCUT2D eigenvalue weighted by Crippen LogP contribution is -2.14. The number of carboxylic acid groups (broad SMARTS) is 1. The zero-order valence-electron chi connectivity index (χ0n) is 24.3. The van der Waals surface area contributed by atoms with E-state index in [4.69, 9.17) is 0 Å². The van der Waals surface area contributed by atoms with E-state index in [0.717, 1.165) is 43.6 Å². The van der Waals surface area contributed by atoms with E-state index in [1.54, 1.807) is 39.1 Å². The molecule has 47 heavy (non-hydrogen) atoms. The summed E-state index contributed by atoms with van der Waals surface area (Å²) in [5, 5.41) is 24.4. The fraction of sp³-hybridized carbons (Fsp3) is 0. The number of carboxylic acids is 1. The van der Waals surface area contributed by atoms with Gasteiger partial charge in [-0.15, -0.1) is 0 Å². The molecule has 10 aromatic rings. The zero-order valence-corrected chi connectivity index (χ0v) is 24.3. The Bertz CT molecular complexity index is 3120. The van der Waals surface area contributed by atoms with Gasteiger partial charge in [0.25, 0.3) is 11.1 Å². The van der Waals surface area contributed by atoms with E-state index in [9.17, 15) is 24.8 Å². The van der Waals surface area contributed by atoms with E-state index < -0.39 is 5.97 Å². The Morgan fingerprint density at radius 2 is 1.06 bits per heavy atom. The summed E-state index contributed by atoms with van der Waals surface area (Å²) in [4.78, 5) is 46.8. The summed E-state index contributed by atoms with van der Waals surface area (Å²) in [5.74, 6) is -1.01. The number of pyridine rings is 2. The van der Waals surface area contributed by atoms with Crippen molar-refractivity contribution < 1.29 is 9.90 Å². The maximum atomic E-state index is 13.0. The quantitative estimate of drug-likeness (QED) is 0.218. The van der Waals surface area contributed by atoms with Crippen molar-refractivity contribution in [3.8, 4) is 6.07 Å². The Balaban J connectivity index is 0.000000129. The second-order valence-corrected chi connectivity index (χ2v) is 11.3. The minimum atomic E-state index is -1.01. The number of aromatic nitrogens is 4. The van der Waals surface area contributed by atoms with Crippen LogP contribution in [0.5, 0.6) is 0 Å². The molecule has 4 heterocycles. The highest BCUT2D eigenvalue weighted by Crippen LogP contribution is 2.33. The van der Waals surface area contributed by atoms with Gasteiger partial charge in [-0.2, -0.15) is 5.26 Å². The molecule has 6 aromatic carbocycles. The summed E-state index contributed by atoms with van der Waals surface area (Å²) < 4.78 is 3.27. The van der Waals surface area contributed by atoms with E-state index >= 15 is 0 Å². The number of nitrogens with zero attached hydrogens (tertiary/aromatic N) is 5. The minimum absolute atomic E-state index is 0.0955. The zero-order chi connectivity index (χ0) is 32.0. The van der Waals surface area contributed by atoms with Gasteiger partial charge in [0, 0.05) is 37.7 Å². The Kier molecular flexibility index (Phi) is 5.37. The van der Waals surface area contributed by atoms with Crippen LogP contribution in [0.15, 0.2) is 119 Å². The molecule has 0 unspecified atom stereocenters. The molecule has 0 aliphatic carbocycles. The Morgan fingerprint density at radius 3 is 1.62 bits per heavy atom.